The third kappa shape index (κ3) is 4.50. The summed E-state index contributed by atoms with van der Waals surface area (Å²) >= 11 is 0. The molecular weight excluding hydrogens is 284 g/mol. The summed E-state index contributed by atoms with van der Waals surface area (Å²) in [5, 5.41) is 20.7. The molecule has 0 fully saturated rings. The lowest BCUT2D eigenvalue weighted by Crippen LogP contribution is -2.27. The van der Waals surface area contributed by atoms with E-state index in [0.717, 1.165) is 30.4 Å². The number of phenolic OH excluding ortho intramolecular Hbond substituents is 1. The molecule has 0 unspecified atom stereocenters. The van der Waals surface area contributed by atoms with Gasteiger partial charge in [-0.2, -0.15) is 0 Å². The lowest BCUT2D eigenvalue weighted by Gasteiger charge is -2.32. The molecule has 0 heterocycles. The fraction of sp³-hybridized carbons (Fsp3) is 0.714. The number of aliphatic hydroxyl groups excluding tert-OH is 1. The highest BCUT2D eigenvalue weighted by molar-refractivity contribution is 5.50. The predicted octanol–water partition coefficient (Wildman–Crippen LogP) is 5.33. The molecule has 1 rings (SSSR count). The molecule has 0 bridgehead atoms. The van der Waals surface area contributed by atoms with Crippen molar-refractivity contribution < 1.29 is 10.2 Å². The molecule has 1 aromatic rings. The summed E-state index contributed by atoms with van der Waals surface area (Å²) in [5.74, 6) is 0.427. The Morgan fingerprint density at radius 2 is 1.22 bits per heavy atom. The summed E-state index contributed by atoms with van der Waals surface area (Å²) in [6, 6.07) is 4.28. The monoisotopic (exact) mass is 320 g/mol. The molecule has 0 radical (unpaired) electrons. The van der Waals surface area contributed by atoms with Gasteiger partial charge in [0.2, 0.25) is 0 Å². The smallest absolute Gasteiger partial charge is 0.123 e. The number of rotatable bonds is 5. The van der Waals surface area contributed by atoms with Gasteiger partial charge >= 0.3 is 0 Å². The lowest BCUT2D eigenvalue weighted by atomic mass is 9.74. The molecule has 0 saturated heterocycles. The zero-order valence-electron chi connectivity index (χ0n) is 16.4. The van der Waals surface area contributed by atoms with Crippen LogP contribution >= 0.6 is 0 Å². The maximum absolute atomic E-state index is 10.8. The molecule has 2 N–H and O–H groups in total. The SMILES string of the molecule is CCC(CC)(CO)Cc1cc(C(C)(C)C)c(O)c(C(C)(C)C)c1. The zero-order valence-corrected chi connectivity index (χ0v) is 16.4. The third-order valence-corrected chi connectivity index (χ3v) is 5.20. The van der Waals surface area contributed by atoms with Gasteiger partial charge in [-0.05, 0) is 52.2 Å². The summed E-state index contributed by atoms with van der Waals surface area (Å²) in [7, 11) is 0. The lowest BCUT2D eigenvalue weighted by molar-refractivity contribution is 0.115. The highest BCUT2D eigenvalue weighted by Gasteiger charge is 2.30. The molecule has 0 aliphatic carbocycles. The van der Waals surface area contributed by atoms with E-state index in [1.807, 2.05) is 0 Å². The van der Waals surface area contributed by atoms with Gasteiger partial charge in [-0.1, -0.05) is 67.5 Å². The van der Waals surface area contributed by atoms with Crippen LogP contribution in [-0.2, 0) is 17.3 Å². The standard InChI is InChI=1S/C21H36O2/c1-9-21(10-2,14-22)13-15-11-16(19(3,4)5)18(23)17(12-15)20(6,7)8/h11-12,22-23H,9-10,13-14H2,1-8H3. The van der Waals surface area contributed by atoms with Gasteiger partial charge in [-0.15, -0.1) is 0 Å². The Morgan fingerprint density at radius 3 is 1.48 bits per heavy atom. The van der Waals surface area contributed by atoms with Crippen molar-refractivity contribution in [2.45, 2.75) is 85.5 Å². The summed E-state index contributed by atoms with van der Waals surface area (Å²) in [6.45, 7) is 17.3. The van der Waals surface area contributed by atoms with Gasteiger partial charge in [0.1, 0.15) is 5.75 Å². The van der Waals surface area contributed by atoms with Crippen LogP contribution in [0.25, 0.3) is 0 Å². The van der Waals surface area contributed by atoms with Crippen LogP contribution in [-0.4, -0.2) is 16.8 Å². The number of phenols is 1. The molecule has 0 amide bonds. The largest absolute Gasteiger partial charge is 0.507 e. The predicted molar refractivity (Wildman–Crippen MR) is 99.3 cm³/mol. The van der Waals surface area contributed by atoms with E-state index in [2.05, 4.69) is 67.5 Å². The first kappa shape index (κ1) is 20.0. The van der Waals surface area contributed by atoms with Gasteiger partial charge in [0.05, 0.1) is 0 Å². The minimum Gasteiger partial charge on any atom is -0.507 e. The number of hydrogen-bond acceptors (Lipinski definition) is 2. The van der Waals surface area contributed by atoms with Crippen LogP contribution in [0.15, 0.2) is 12.1 Å². The van der Waals surface area contributed by atoms with Gasteiger partial charge in [-0.25, -0.2) is 0 Å². The first-order valence-corrected chi connectivity index (χ1v) is 8.88. The molecular formula is C21H36O2. The maximum Gasteiger partial charge on any atom is 0.123 e. The Bertz CT molecular complexity index is 482. The van der Waals surface area contributed by atoms with Crippen molar-refractivity contribution in [3.8, 4) is 5.75 Å². The van der Waals surface area contributed by atoms with Crippen LogP contribution in [0.4, 0.5) is 0 Å². The van der Waals surface area contributed by atoms with E-state index in [9.17, 15) is 10.2 Å². The van der Waals surface area contributed by atoms with Gasteiger partial charge in [0.15, 0.2) is 0 Å². The van der Waals surface area contributed by atoms with E-state index in [4.69, 9.17) is 0 Å². The second-order valence-electron chi connectivity index (χ2n) is 9.08. The summed E-state index contributed by atoms with van der Waals surface area (Å²) in [4.78, 5) is 0. The highest BCUT2D eigenvalue weighted by Crippen LogP contribution is 2.41. The molecule has 0 aliphatic rings. The second-order valence-corrected chi connectivity index (χ2v) is 9.08. The highest BCUT2D eigenvalue weighted by atomic mass is 16.3. The van der Waals surface area contributed by atoms with Crippen molar-refractivity contribution in [2.75, 3.05) is 6.61 Å². The molecule has 0 atom stereocenters. The zero-order chi connectivity index (χ0) is 18.1. The Labute approximate surface area is 142 Å². The van der Waals surface area contributed by atoms with Crippen molar-refractivity contribution in [3.63, 3.8) is 0 Å². The molecule has 0 saturated carbocycles. The minimum atomic E-state index is -0.111. The van der Waals surface area contributed by atoms with Crippen LogP contribution in [0.5, 0.6) is 5.75 Å². The topological polar surface area (TPSA) is 40.5 Å². The molecule has 23 heavy (non-hydrogen) atoms. The van der Waals surface area contributed by atoms with Gasteiger partial charge in [0, 0.05) is 6.61 Å². The fourth-order valence-electron chi connectivity index (χ4n) is 3.15. The molecule has 0 aromatic heterocycles. The quantitative estimate of drug-likeness (QED) is 0.770. The van der Waals surface area contributed by atoms with E-state index < -0.39 is 0 Å². The van der Waals surface area contributed by atoms with Crippen LogP contribution in [0, 0.1) is 5.41 Å². The third-order valence-electron chi connectivity index (χ3n) is 5.20. The fourth-order valence-corrected chi connectivity index (χ4v) is 3.15. The van der Waals surface area contributed by atoms with Gasteiger partial charge in [0.25, 0.3) is 0 Å². The van der Waals surface area contributed by atoms with Crippen LogP contribution in [0.1, 0.15) is 84.9 Å². The van der Waals surface area contributed by atoms with E-state index in [0.29, 0.717) is 5.75 Å². The Hall–Kier alpha value is -1.02. The summed E-state index contributed by atoms with van der Waals surface area (Å²) in [6.07, 6.45) is 2.76. The molecule has 0 aliphatic heterocycles. The number of aliphatic hydroxyl groups is 1. The average Bonchev–Trinajstić information content (AvgIpc) is 2.44. The molecule has 0 spiro atoms. The van der Waals surface area contributed by atoms with Crippen molar-refractivity contribution >= 4 is 0 Å². The Balaban J connectivity index is 3.51. The van der Waals surface area contributed by atoms with Crippen molar-refractivity contribution in [2.24, 2.45) is 5.41 Å². The first-order chi connectivity index (χ1) is 10.4. The Kier molecular flexibility index (Phi) is 5.96. The number of hydrogen-bond donors (Lipinski definition) is 2. The Morgan fingerprint density at radius 1 is 0.826 bits per heavy atom. The van der Waals surface area contributed by atoms with Crippen molar-refractivity contribution in [1.29, 1.82) is 0 Å². The second kappa shape index (κ2) is 6.84. The van der Waals surface area contributed by atoms with Crippen molar-refractivity contribution in [1.82, 2.24) is 0 Å². The van der Waals surface area contributed by atoms with Crippen LogP contribution in [0.3, 0.4) is 0 Å². The molecule has 132 valence electrons. The van der Waals surface area contributed by atoms with Crippen LogP contribution in [0.2, 0.25) is 0 Å². The average molecular weight is 321 g/mol. The van der Waals surface area contributed by atoms with Crippen LogP contribution < -0.4 is 0 Å². The van der Waals surface area contributed by atoms with Gasteiger partial charge in [-0.3, -0.25) is 0 Å². The molecule has 2 nitrogen and oxygen atoms in total. The van der Waals surface area contributed by atoms with E-state index in [1.54, 1.807) is 0 Å². The molecule has 1 aromatic carbocycles. The normalized spacial score (nSPS) is 13.4. The van der Waals surface area contributed by atoms with E-state index in [-0.39, 0.29) is 22.9 Å². The summed E-state index contributed by atoms with van der Waals surface area (Å²) in [5.41, 5.74) is 2.93. The molecule has 2 heteroatoms. The summed E-state index contributed by atoms with van der Waals surface area (Å²) < 4.78 is 0. The number of aromatic hydroxyl groups is 1. The first-order valence-electron chi connectivity index (χ1n) is 8.88. The van der Waals surface area contributed by atoms with E-state index >= 15 is 0 Å². The van der Waals surface area contributed by atoms with Crippen molar-refractivity contribution in [3.05, 3.63) is 28.8 Å². The maximum atomic E-state index is 10.8. The number of benzene rings is 1. The van der Waals surface area contributed by atoms with E-state index in [1.165, 1.54) is 5.56 Å². The van der Waals surface area contributed by atoms with Gasteiger partial charge < -0.3 is 10.2 Å². The minimum absolute atomic E-state index is 0.0682.